The topological polar surface area (TPSA) is 52.6 Å². The number of hydrogen-bond acceptors (Lipinski definition) is 4. The Labute approximate surface area is 110 Å². The molecule has 0 spiro atoms. The third-order valence-electron chi connectivity index (χ3n) is 3.77. The average Bonchev–Trinajstić information content (AvgIpc) is 2.36. The minimum absolute atomic E-state index is 0.280. The molecule has 106 valence electrons. The molecule has 0 saturated heterocycles. The number of esters is 2. The molecule has 18 heavy (non-hydrogen) atoms. The smallest absolute Gasteiger partial charge is 0.320 e. The highest BCUT2D eigenvalue weighted by Gasteiger charge is 2.46. The quantitative estimate of drug-likeness (QED) is 0.496. The van der Waals surface area contributed by atoms with Crippen molar-refractivity contribution in [1.82, 2.24) is 0 Å². The van der Waals surface area contributed by atoms with E-state index in [1.807, 2.05) is 20.8 Å². The molecular formula is C14H26O4. The summed E-state index contributed by atoms with van der Waals surface area (Å²) in [4.78, 5) is 24.1. The standard InChI is InChI=1S/C14H26O4/c1-6-14(7-2,8-3)11(12(15)17-9-4)13(16)18-10-5/h11H,6-10H2,1-5H3. The second kappa shape index (κ2) is 8.11. The fourth-order valence-corrected chi connectivity index (χ4v) is 2.41. The van der Waals surface area contributed by atoms with Gasteiger partial charge in [0.25, 0.3) is 0 Å². The van der Waals surface area contributed by atoms with Crippen molar-refractivity contribution >= 4 is 11.9 Å². The molecule has 0 aromatic carbocycles. The van der Waals surface area contributed by atoms with E-state index in [1.165, 1.54) is 0 Å². The van der Waals surface area contributed by atoms with E-state index in [1.54, 1.807) is 13.8 Å². The van der Waals surface area contributed by atoms with Gasteiger partial charge in [0.1, 0.15) is 0 Å². The molecule has 0 aliphatic heterocycles. The molecule has 0 unspecified atom stereocenters. The molecule has 0 aromatic heterocycles. The Morgan fingerprint density at radius 1 is 0.833 bits per heavy atom. The third kappa shape index (κ3) is 3.72. The van der Waals surface area contributed by atoms with Crippen LogP contribution in [0.3, 0.4) is 0 Å². The van der Waals surface area contributed by atoms with Crippen LogP contribution in [-0.2, 0) is 19.1 Å². The lowest BCUT2D eigenvalue weighted by Crippen LogP contribution is -2.42. The molecule has 0 aromatic rings. The largest absolute Gasteiger partial charge is 0.465 e. The zero-order chi connectivity index (χ0) is 14.2. The highest BCUT2D eigenvalue weighted by atomic mass is 16.6. The van der Waals surface area contributed by atoms with Gasteiger partial charge in [-0.2, -0.15) is 0 Å². The first-order valence-electron chi connectivity index (χ1n) is 6.86. The zero-order valence-corrected chi connectivity index (χ0v) is 12.2. The number of ether oxygens (including phenoxy) is 2. The number of carbonyl (C=O) groups is 2. The summed E-state index contributed by atoms with van der Waals surface area (Å²) in [5.74, 6) is -1.72. The minimum Gasteiger partial charge on any atom is -0.465 e. The SMILES string of the molecule is CCOC(=O)C(C(=O)OCC)C(CC)(CC)CC. The molecule has 0 saturated carbocycles. The summed E-state index contributed by atoms with van der Waals surface area (Å²) < 4.78 is 10.1. The van der Waals surface area contributed by atoms with E-state index in [0.29, 0.717) is 0 Å². The van der Waals surface area contributed by atoms with Crippen molar-refractivity contribution in [2.24, 2.45) is 11.3 Å². The molecule has 0 bridgehead atoms. The van der Waals surface area contributed by atoms with Crippen LogP contribution in [0.15, 0.2) is 0 Å². The molecule has 4 nitrogen and oxygen atoms in total. The Morgan fingerprint density at radius 3 is 1.39 bits per heavy atom. The Morgan fingerprint density at radius 2 is 1.17 bits per heavy atom. The maximum absolute atomic E-state index is 12.1. The van der Waals surface area contributed by atoms with Crippen molar-refractivity contribution in [1.29, 1.82) is 0 Å². The summed E-state index contributed by atoms with van der Waals surface area (Å²) in [5.41, 5.74) is -0.363. The first kappa shape index (κ1) is 16.9. The molecule has 0 rings (SSSR count). The van der Waals surface area contributed by atoms with Crippen LogP contribution in [0.4, 0.5) is 0 Å². The molecule has 0 heterocycles. The second-order valence-corrected chi connectivity index (χ2v) is 4.36. The maximum atomic E-state index is 12.1. The second-order valence-electron chi connectivity index (χ2n) is 4.36. The van der Waals surface area contributed by atoms with E-state index in [0.717, 1.165) is 19.3 Å². The Balaban J connectivity index is 5.28. The maximum Gasteiger partial charge on any atom is 0.320 e. The molecule has 0 aliphatic carbocycles. The van der Waals surface area contributed by atoms with Crippen LogP contribution in [0.5, 0.6) is 0 Å². The van der Waals surface area contributed by atoms with Crippen LogP contribution in [0, 0.1) is 11.3 Å². The molecule has 0 amide bonds. The van der Waals surface area contributed by atoms with Gasteiger partial charge in [-0.25, -0.2) is 0 Å². The zero-order valence-electron chi connectivity index (χ0n) is 12.2. The van der Waals surface area contributed by atoms with Crippen LogP contribution in [0.1, 0.15) is 53.9 Å². The van der Waals surface area contributed by atoms with Crippen molar-refractivity contribution in [2.45, 2.75) is 53.9 Å². The Kier molecular flexibility index (Phi) is 7.64. The Bertz CT molecular complexity index is 243. The third-order valence-corrected chi connectivity index (χ3v) is 3.77. The normalized spacial score (nSPS) is 11.4. The van der Waals surface area contributed by atoms with Gasteiger partial charge in [-0.05, 0) is 38.5 Å². The number of hydrogen-bond donors (Lipinski definition) is 0. The first-order valence-corrected chi connectivity index (χ1v) is 6.86. The Hall–Kier alpha value is -1.06. The van der Waals surface area contributed by atoms with Crippen LogP contribution in [-0.4, -0.2) is 25.2 Å². The predicted octanol–water partition coefficient (Wildman–Crippen LogP) is 2.95. The van der Waals surface area contributed by atoms with Crippen LogP contribution >= 0.6 is 0 Å². The van der Waals surface area contributed by atoms with Gasteiger partial charge in [0.2, 0.25) is 0 Å². The van der Waals surface area contributed by atoms with Crippen molar-refractivity contribution in [3.63, 3.8) is 0 Å². The lowest BCUT2D eigenvalue weighted by Gasteiger charge is -2.35. The minimum atomic E-state index is -0.808. The molecule has 0 aliphatic rings. The number of rotatable bonds is 8. The summed E-state index contributed by atoms with van der Waals surface area (Å²) in [6, 6.07) is 0. The van der Waals surface area contributed by atoms with E-state index in [4.69, 9.17) is 9.47 Å². The van der Waals surface area contributed by atoms with E-state index in [-0.39, 0.29) is 18.6 Å². The van der Waals surface area contributed by atoms with Crippen molar-refractivity contribution < 1.29 is 19.1 Å². The fraction of sp³-hybridized carbons (Fsp3) is 0.857. The van der Waals surface area contributed by atoms with Crippen LogP contribution < -0.4 is 0 Å². The lowest BCUT2D eigenvalue weighted by atomic mass is 9.69. The molecule has 0 fully saturated rings. The van der Waals surface area contributed by atoms with Crippen LogP contribution in [0.2, 0.25) is 0 Å². The lowest BCUT2D eigenvalue weighted by molar-refractivity contribution is -0.169. The van der Waals surface area contributed by atoms with Gasteiger partial charge >= 0.3 is 11.9 Å². The van der Waals surface area contributed by atoms with Crippen LogP contribution in [0.25, 0.3) is 0 Å². The molecule has 0 N–H and O–H groups in total. The highest BCUT2D eigenvalue weighted by Crippen LogP contribution is 2.40. The molecule has 4 heteroatoms. The fourth-order valence-electron chi connectivity index (χ4n) is 2.41. The molecular weight excluding hydrogens is 232 g/mol. The average molecular weight is 258 g/mol. The van der Waals surface area contributed by atoms with Gasteiger partial charge in [-0.3, -0.25) is 9.59 Å². The first-order chi connectivity index (χ1) is 8.52. The van der Waals surface area contributed by atoms with E-state index >= 15 is 0 Å². The van der Waals surface area contributed by atoms with Crippen molar-refractivity contribution in [2.75, 3.05) is 13.2 Å². The van der Waals surface area contributed by atoms with Gasteiger partial charge in [-0.1, -0.05) is 20.8 Å². The van der Waals surface area contributed by atoms with Crippen molar-refractivity contribution in [3.8, 4) is 0 Å². The van der Waals surface area contributed by atoms with Gasteiger partial charge in [0, 0.05) is 0 Å². The summed E-state index contributed by atoms with van der Waals surface area (Å²) in [5, 5.41) is 0. The van der Waals surface area contributed by atoms with Gasteiger partial charge in [-0.15, -0.1) is 0 Å². The molecule has 0 atom stereocenters. The predicted molar refractivity (Wildman–Crippen MR) is 70.1 cm³/mol. The summed E-state index contributed by atoms with van der Waals surface area (Å²) in [6.07, 6.45) is 2.26. The number of carbonyl (C=O) groups excluding carboxylic acids is 2. The summed E-state index contributed by atoms with van der Waals surface area (Å²) in [7, 11) is 0. The summed E-state index contributed by atoms with van der Waals surface area (Å²) >= 11 is 0. The van der Waals surface area contributed by atoms with Crippen molar-refractivity contribution in [3.05, 3.63) is 0 Å². The highest BCUT2D eigenvalue weighted by molar-refractivity contribution is 5.95. The van der Waals surface area contributed by atoms with Gasteiger partial charge in [0.05, 0.1) is 13.2 Å². The van der Waals surface area contributed by atoms with E-state index in [2.05, 4.69) is 0 Å². The molecule has 0 radical (unpaired) electrons. The summed E-state index contributed by atoms with van der Waals surface area (Å²) in [6.45, 7) is 10.0. The monoisotopic (exact) mass is 258 g/mol. The van der Waals surface area contributed by atoms with E-state index in [9.17, 15) is 9.59 Å². The van der Waals surface area contributed by atoms with Gasteiger partial charge < -0.3 is 9.47 Å². The van der Waals surface area contributed by atoms with Gasteiger partial charge in [0.15, 0.2) is 5.92 Å². The van der Waals surface area contributed by atoms with E-state index < -0.39 is 17.9 Å².